The van der Waals surface area contributed by atoms with Crippen LogP contribution in [0.25, 0.3) is 0 Å². The molecule has 112 valence electrons. The number of ketones is 1. The summed E-state index contributed by atoms with van der Waals surface area (Å²) in [5.41, 5.74) is 1.01. The zero-order valence-electron chi connectivity index (χ0n) is 12.3. The van der Waals surface area contributed by atoms with Crippen molar-refractivity contribution in [2.45, 2.75) is 20.3 Å². The van der Waals surface area contributed by atoms with E-state index in [2.05, 4.69) is 5.32 Å². The van der Waals surface area contributed by atoms with Crippen LogP contribution in [0.5, 0.6) is 5.75 Å². The van der Waals surface area contributed by atoms with Crippen LogP contribution in [0.15, 0.2) is 18.2 Å². The van der Waals surface area contributed by atoms with E-state index in [1.807, 2.05) is 13.8 Å². The molecule has 6 nitrogen and oxygen atoms in total. The smallest absolute Gasteiger partial charge is 0.328 e. The van der Waals surface area contributed by atoms with Gasteiger partial charge in [-0.2, -0.15) is 0 Å². The summed E-state index contributed by atoms with van der Waals surface area (Å²) in [6.45, 7) is 3.90. The Morgan fingerprint density at radius 2 is 2.05 bits per heavy atom. The molecular weight excluding hydrogens is 272 g/mol. The number of anilines is 1. The summed E-state index contributed by atoms with van der Waals surface area (Å²) in [7, 11) is 1.50. The van der Waals surface area contributed by atoms with Crippen molar-refractivity contribution in [3.63, 3.8) is 0 Å². The first-order valence-corrected chi connectivity index (χ1v) is 6.77. The van der Waals surface area contributed by atoms with Crippen LogP contribution in [0, 0.1) is 5.92 Å². The maximum atomic E-state index is 12.1. The van der Waals surface area contributed by atoms with Crippen LogP contribution in [0.4, 0.5) is 10.5 Å². The standard InChI is InChI=1S/C15H18N2O4/c1-9(2)14(19)10-4-5-12(21-3)11(8-10)17-7-6-13(18)16-15(17)20/h4-5,8-9H,6-7H2,1-3H3,(H,16,18,20). The minimum atomic E-state index is -0.501. The molecule has 0 atom stereocenters. The summed E-state index contributed by atoms with van der Waals surface area (Å²) in [5.74, 6) is 0.0415. The van der Waals surface area contributed by atoms with E-state index in [9.17, 15) is 14.4 Å². The monoisotopic (exact) mass is 290 g/mol. The predicted molar refractivity (Wildman–Crippen MR) is 77.7 cm³/mol. The molecule has 1 aromatic rings. The zero-order chi connectivity index (χ0) is 15.6. The molecule has 1 aliphatic rings. The number of ether oxygens (including phenoxy) is 1. The van der Waals surface area contributed by atoms with E-state index in [4.69, 9.17) is 4.74 Å². The van der Waals surface area contributed by atoms with Crippen LogP contribution >= 0.6 is 0 Å². The van der Waals surface area contributed by atoms with Gasteiger partial charge in [0.25, 0.3) is 0 Å². The number of hydrogen-bond donors (Lipinski definition) is 1. The number of methoxy groups -OCH3 is 1. The van der Waals surface area contributed by atoms with E-state index < -0.39 is 6.03 Å². The van der Waals surface area contributed by atoms with Gasteiger partial charge in [-0.3, -0.25) is 19.8 Å². The zero-order valence-corrected chi connectivity index (χ0v) is 12.3. The number of nitrogens with zero attached hydrogens (tertiary/aromatic N) is 1. The summed E-state index contributed by atoms with van der Waals surface area (Å²) in [4.78, 5) is 36.7. The lowest BCUT2D eigenvalue weighted by molar-refractivity contribution is -0.120. The van der Waals surface area contributed by atoms with Gasteiger partial charge in [-0.05, 0) is 18.2 Å². The van der Waals surface area contributed by atoms with Gasteiger partial charge in [-0.25, -0.2) is 4.79 Å². The molecule has 1 heterocycles. The van der Waals surface area contributed by atoms with Crippen molar-refractivity contribution in [3.8, 4) is 5.75 Å². The molecule has 0 aromatic heterocycles. The topological polar surface area (TPSA) is 75.7 Å². The Morgan fingerprint density at radius 1 is 1.33 bits per heavy atom. The van der Waals surface area contributed by atoms with Crippen molar-refractivity contribution in [3.05, 3.63) is 23.8 Å². The molecule has 0 unspecified atom stereocenters. The van der Waals surface area contributed by atoms with Crippen molar-refractivity contribution in [1.82, 2.24) is 5.32 Å². The quantitative estimate of drug-likeness (QED) is 0.860. The van der Waals surface area contributed by atoms with E-state index in [1.54, 1.807) is 18.2 Å². The maximum Gasteiger partial charge on any atom is 0.328 e. The number of imide groups is 1. The first kappa shape index (κ1) is 15.0. The van der Waals surface area contributed by atoms with Gasteiger partial charge < -0.3 is 4.74 Å². The van der Waals surface area contributed by atoms with Crippen molar-refractivity contribution in [2.75, 3.05) is 18.6 Å². The number of Topliss-reactive ketones (excluding diaryl/α,β-unsaturated/α-hetero) is 1. The minimum Gasteiger partial charge on any atom is -0.495 e. The van der Waals surface area contributed by atoms with Gasteiger partial charge in [-0.15, -0.1) is 0 Å². The lowest BCUT2D eigenvalue weighted by Gasteiger charge is -2.28. The Kier molecular flexibility index (Phi) is 4.26. The normalized spacial score (nSPS) is 15.1. The molecule has 3 amide bonds. The second-order valence-corrected chi connectivity index (χ2v) is 5.16. The molecule has 6 heteroatoms. The summed E-state index contributed by atoms with van der Waals surface area (Å²) in [6.07, 6.45) is 0.219. The van der Waals surface area contributed by atoms with Gasteiger partial charge >= 0.3 is 6.03 Å². The van der Waals surface area contributed by atoms with Crippen LogP contribution in [-0.4, -0.2) is 31.4 Å². The highest BCUT2D eigenvalue weighted by atomic mass is 16.5. The van der Waals surface area contributed by atoms with Gasteiger partial charge in [0, 0.05) is 24.4 Å². The van der Waals surface area contributed by atoms with Crippen LogP contribution in [0.2, 0.25) is 0 Å². The van der Waals surface area contributed by atoms with Gasteiger partial charge in [0.1, 0.15) is 5.75 Å². The number of carbonyl (C=O) groups excluding carboxylic acids is 3. The number of hydrogen-bond acceptors (Lipinski definition) is 4. The highest BCUT2D eigenvalue weighted by Crippen LogP contribution is 2.31. The fraction of sp³-hybridized carbons (Fsp3) is 0.400. The first-order chi connectivity index (χ1) is 9.93. The number of amides is 3. The van der Waals surface area contributed by atoms with E-state index in [-0.39, 0.29) is 30.6 Å². The molecule has 1 fully saturated rings. The van der Waals surface area contributed by atoms with E-state index >= 15 is 0 Å². The molecular formula is C15H18N2O4. The molecule has 21 heavy (non-hydrogen) atoms. The van der Waals surface area contributed by atoms with Crippen molar-refractivity contribution >= 4 is 23.4 Å². The fourth-order valence-corrected chi connectivity index (χ4v) is 2.18. The molecule has 1 aromatic carbocycles. The van der Waals surface area contributed by atoms with E-state index in [0.29, 0.717) is 17.0 Å². The molecule has 0 radical (unpaired) electrons. The Morgan fingerprint density at radius 3 is 2.62 bits per heavy atom. The Labute approximate surface area is 123 Å². The molecule has 0 aliphatic carbocycles. The van der Waals surface area contributed by atoms with Crippen molar-refractivity contribution < 1.29 is 19.1 Å². The van der Waals surface area contributed by atoms with Crippen LogP contribution in [0.3, 0.4) is 0 Å². The highest BCUT2D eigenvalue weighted by Gasteiger charge is 2.27. The summed E-state index contributed by atoms with van der Waals surface area (Å²) >= 11 is 0. The third kappa shape index (κ3) is 3.04. The van der Waals surface area contributed by atoms with Crippen LogP contribution in [-0.2, 0) is 4.79 Å². The van der Waals surface area contributed by atoms with Crippen molar-refractivity contribution in [2.24, 2.45) is 5.92 Å². The fourth-order valence-electron chi connectivity index (χ4n) is 2.18. The third-order valence-corrected chi connectivity index (χ3v) is 3.33. The largest absolute Gasteiger partial charge is 0.495 e. The summed E-state index contributed by atoms with van der Waals surface area (Å²) < 4.78 is 5.25. The number of benzene rings is 1. The molecule has 1 saturated heterocycles. The Bertz CT molecular complexity index is 595. The third-order valence-electron chi connectivity index (χ3n) is 3.33. The molecule has 2 rings (SSSR count). The number of urea groups is 1. The van der Waals surface area contributed by atoms with E-state index in [0.717, 1.165) is 0 Å². The molecule has 1 aliphatic heterocycles. The first-order valence-electron chi connectivity index (χ1n) is 6.77. The second-order valence-electron chi connectivity index (χ2n) is 5.16. The molecule has 0 bridgehead atoms. The van der Waals surface area contributed by atoms with Gasteiger partial charge in [0.15, 0.2) is 5.78 Å². The minimum absolute atomic E-state index is 0.00704. The number of carbonyl (C=O) groups is 3. The van der Waals surface area contributed by atoms with Crippen LogP contribution in [0.1, 0.15) is 30.6 Å². The SMILES string of the molecule is COc1ccc(C(=O)C(C)C)cc1N1CCC(=O)NC1=O. The Hall–Kier alpha value is -2.37. The maximum absolute atomic E-state index is 12.1. The van der Waals surface area contributed by atoms with Gasteiger partial charge in [0.05, 0.1) is 12.8 Å². The predicted octanol–water partition coefficient (Wildman–Crippen LogP) is 1.98. The average molecular weight is 290 g/mol. The lowest BCUT2D eigenvalue weighted by Crippen LogP contribution is -2.49. The average Bonchev–Trinajstić information content (AvgIpc) is 2.45. The molecule has 0 saturated carbocycles. The lowest BCUT2D eigenvalue weighted by atomic mass is 10.00. The summed E-state index contributed by atoms with van der Waals surface area (Å²) in [6, 6.07) is 4.47. The van der Waals surface area contributed by atoms with E-state index in [1.165, 1.54) is 12.0 Å². The highest BCUT2D eigenvalue weighted by molar-refractivity contribution is 6.07. The molecule has 0 spiro atoms. The Balaban J connectivity index is 2.41. The van der Waals surface area contributed by atoms with Gasteiger partial charge in [-0.1, -0.05) is 13.8 Å². The number of nitrogens with one attached hydrogen (secondary N) is 1. The van der Waals surface area contributed by atoms with Crippen LogP contribution < -0.4 is 15.0 Å². The molecule has 1 N–H and O–H groups in total. The summed E-state index contributed by atoms with van der Waals surface area (Å²) in [5, 5.41) is 2.26. The second kappa shape index (κ2) is 5.95. The van der Waals surface area contributed by atoms with Crippen molar-refractivity contribution in [1.29, 1.82) is 0 Å². The van der Waals surface area contributed by atoms with Gasteiger partial charge in [0.2, 0.25) is 5.91 Å². The number of rotatable bonds is 4.